The first-order valence-corrected chi connectivity index (χ1v) is 16.8. The maximum atomic E-state index is 5.25. The van der Waals surface area contributed by atoms with E-state index < -0.39 is 5.51 Å². The summed E-state index contributed by atoms with van der Waals surface area (Å²) in [6.45, 7) is 0. The molecule has 8 rings (SSSR count). The summed E-state index contributed by atoms with van der Waals surface area (Å²) in [4.78, 5) is 14.3. The monoisotopic (exact) mass is 584 g/mol. The first-order valence-electron chi connectivity index (χ1n) is 12.8. The van der Waals surface area contributed by atoms with Gasteiger partial charge in [-0.25, -0.2) is 0 Å². The Hall–Kier alpha value is -4.14. The van der Waals surface area contributed by atoms with E-state index in [4.69, 9.17) is 9.97 Å². The van der Waals surface area contributed by atoms with Crippen molar-refractivity contribution in [2.45, 2.75) is 0 Å². The van der Waals surface area contributed by atoms with Gasteiger partial charge in [0.25, 0.3) is 0 Å². The standard InChI is InChI=1S/C33H21N4PSe/c39-38(23-16-19-34-20-17-23,24-15-14-22-7-6-18-35-29(22)21-24)31-13-5-11-28-32(31)37-30-12-4-3-9-26(30)25-8-1-2-10-27(25)33(37)36-28/h1-21H. The second-order valence-electron chi connectivity index (χ2n) is 9.67. The van der Waals surface area contributed by atoms with Crippen LogP contribution in [0.25, 0.3) is 49.3 Å². The molecule has 0 aliphatic carbocycles. The van der Waals surface area contributed by atoms with Crippen LogP contribution in [0.2, 0.25) is 0 Å². The van der Waals surface area contributed by atoms with Crippen LogP contribution in [-0.2, 0) is 0 Å². The molecule has 4 nitrogen and oxygen atoms in total. The molecule has 0 saturated heterocycles. The van der Waals surface area contributed by atoms with Crippen LogP contribution in [0.5, 0.6) is 0 Å². The quantitative estimate of drug-likeness (QED) is 0.143. The summed E-state index contributed by atoms with van der Waals surface area (Å²) in [6.07, 6.45) is 5.64. The van der Waals surface area contributed by atoms with Crippen LogP contribution in [0.15, 0.2) is 128 Å². The van der Waals surface area contributed by atoms with E-state index in [0.29, 0.717) is 0 Å². The van der Waals surface area contributed by atoms with Crippen molar-refractivity contribution < 1.29 is 0 Å². The summed E-state index contributed by atoms with van der Waals surface area (Å²) in [5.74, 6) is 0. The molecule has 4 heterocycles. The van der Waals surface area contributed by atoms with Gasteiger partial charge in [0.05, 0.1) is 0 Å². The van der Waals surface area contributed by atoms with Gasteiger partial charge in [-0.3, -0.25) is 0 Å². The number of fused-ring (bicyclic) bond motifs is 9. The average molecular weight is 583 g/mol. The van der Waals surface area contributed by atoms with Crippen molar-refractivity contribution in [3.05, 3.63) is 128 Å². The predicted molar refractivity (Wildman–Crippen MR) is 165 cm³/mol. The molecule has 0 spiro atoms. The topological polar surface area (TPSA) is 43.1 Å². The van der Waals surface area contributed by atoms with Crippen LogP contribution in [0, 0.1) is 0 Å². The Kier molecular flexibility index (Phi) is 5.08. The maximum absolute atomic E-state index is 5.25. The van der Waals surface area contributed by atoms with E-state index in [1.807, 2.05) is 24.7 Å². The number of rotatable bonds is 3. The average Bonchev–Trinajstić information content (AvgIpc) is 3.41. The SMILES string of the molecule is [Se]=P(c1ccncc1)(c1ccc2cccnc2c1)c1cccc2nc3c4ccccc4c4ccccc4n3c12. The Morgan fingerprint density at radius 2 is 1.41 bits per heavy atom. The first kappa shape index (κ1) is 22.8. The van der Waals surface area contributed by atoms with Crippen LogP contribution in [-0.4, -0.2) is 34.5 Å². The molecule has 184 valence electrons. The van der Waals surface area contributed by atoms with Gasteiger partial charge >= 0.3 is 233 Å². The molecule has 1 atom stereocenters. The molecule has 6 heteroatoms. The van der Waals surface area contributed by atoms with Crippen molar-refractivity contribution in [3.63, 3.8) is 0 Å². The molecule has 0 fully saturated rings. The minimum absolute atomic E-state index is 0.980. The summed E-state index contributed by atoms with van der Waals surface area (Å²) in [5, 5.41) is 8.42. The number of pyridine rings is 3. The zero-order valence-corrected chi connectivity index (χ0v) is 23.4. The summed E-state index contributed by atoms with van der Waals surface area (Å²) in [7, 11) is 0. The third-order valence-corrected chi connectivity index (χ3v) is 14.5. The molecule has 0 radical (unpaired) electrons. The van der Waals surface area contributed by atoms with Gasteiger partial charge < -0.3 is 0 Å². The third-order valence-electron chi connectivity index (χ3n) is 7.58. The van der Waals surface area contributed by atoms with Gasteiger partial charge in [-0.1, -0.05) is 0 Å². The van der Waals surface area contributed by atoms with Gasteiger partial charge in [0.15, 0.2) is 0 Å². The van der Waals surface area contributed by atoms with Crippen LogP contribution < -0.4 is 15.9 Å². The van der Waals surface area contributed by atoms with E-state index in [0.717, 1.165) is 38.5 Å². The predicted octanol–water partition coefficient (Wildman–Crippen LogP) is 6.11. The second kappa shape index (κ2) is 8.69. The molecule has 0 aliphatic rings. The van der Waals surface area contributed by atoms with Crippen molar-refractivity contribution in [1.29, 1.82) is 0 Å². The van der Waals surface area contributed by atoms with Crippen molar-refractivity contribution in [2.24, 2.45) is 0 Å². The van der Waals surface area contributed by atoms with Crippen LogP contribution in [0.1, 0.15) is 0 Å². The van der Waals surface area contributed by atoms with E-state index in [-0.39, 0.29) is 0 Å². The molecular weight excluding hydrogens is 562 g/mol. The molecule has 0 aliphatic heterocycles. The third kappa shape index (κ3) is 3.31. The van der Waals surface area contributed by atoms with Gasteiger partial charge in [0.2, 0.25) is 0 Å². The molecule has 0 saturated carbocycles. The van der Waals surface area contributed by atoms with Crippen molar-refractivity contribution in [1.82, 2.24) is 19.4 Å². The molecule has 8 aromatic rings. The van der Waals surface area contributed by atoms with E-state index in [1.54, 1.807) is 0 Å². The fraction of sp³-hybridized carbons (Fsp3) is 0. The molecule has 4 aromatic carbocycles. The van der Waals surface area contributed by atoms with E-state index in [9.17, 15) is 0 Å². The Balaban J connectivity index is 1.57. The second-order valence-corrected chi connectivity index (χ2v) is 15.9. The Morgan fingerprint density at radius 3 is 2.28 bits per heavy atom. The van der Waals surface area contributed by atoms with Crippen LogP contribution in [0.4, 0.5) is 0 Å². The minimum atomic E-state index is -2.25. The number of aromatic nitrogens is 4. The molecule has 1 unspecified atom stereocenters. The normalized spacial score (nSPS) is 13.4. The molecule has 39 heavy (non-hydrogen) atoms. The Morgan fingerprint density at radius 1 is 0.615 bits per heavy atom. The van der Waals surface area contributed by atoms with Gasteiger partial charge in [-0.15, -0.1) is 0 Å². The fourth-order valence-electron chi connectivity index (χ4n) is 5.82. The van der Waals surface area contributed by atoms with Crippen molar-refractivity contribution in [3.8, 4) is 0 Å². The molecule has 0 N–H and O–H groups in total. The molecule has 4 aromatic heterocycles. The van der Waals surface area contributed by atoms with Gasteiger partial charge in [-0.05, 0) is 0 Å². The number of hydrogen-bond acceptors (Lipinski definition) is 3. The van der Waals surface area contributed by atoms with Gasteiger partial charge in [0.1, 0.15) is 0 Å². The number of imidazole rings is 1. The summed E-state index contributed by atoms with van der Waals surface area (Å²) < 4.78 is 2.37. The van der Waals surface area contributed by atoms with E-state index in [1.165, 1.54) is 26.7 Å². The van der Waals surface area contributed by atoms with Crippen molar-refractivity contribution >= 4 is 85.8 Å². The fourth-order valence-corrected chi connectivity index (χ4v) is 11.0. The van der Waals surface area contributed by atoms with E-state index in [2.05, 4.69) is 128 Å². The number of para-hydroxylation sites is 2. The first-order chi connectivity index (χ1) is 19.2. The molecule has 0 amide bonds. The van der Waals surface area contributed by atoms with Gasteiger partial charge in [0, 0.05) is 0 Å². The molecule has 0 bridgehead atoms. The zero-order chi connectivity index (χ0) is 26.0. The summed E-state index contributed by atoms with van der Waals surface area (Å²) >= 11 is 3.75. The summed E-state index contributed by atoms with van der Waals surface area (Å²) in [5.41, 5.74) is 3.00. The van der Waals surface area contributed by atoms with Crippen molar-refractivity contribution in [2.75, 3.05) is 0 Å². The zero-order valence-electron chi connectivity index (χ0n) is 20.8. The number of hydrogen-bond donors (Lipinski definition) is 0. The van der Waals surface area contributed by atoms with Gasteiger partial charge in [-0.2, -0.15) is 0 Å². The number of benzene rings is 4. The Labute approximate surface area is 232 Å². The summed E-state index contributed by atoms with van der Waals surface area (Å²) in [6, 6.07) is 38.8. The van der Waals surface area contributed by atoms with E-state index >= 15 is 0 Å². The molecular formula is C33H21N4PSe. The van der Waals surface area contributed by atoms with Crippen LogP contribution >= 0.6 is 5.51 Å². The Bertz CT molecular complexity index is 2270. The number of nitrogens with zero attached hydrogens (tertiary/aromatic N) is 4. The van der Waals surface area contributed by atoms with Crippen LogP contribution in [0.3, 0.4) is 0 Å².